The molecule has 0 radical (unpaired) electrons. The lowest BCUT2D eigenvalue weighted by Gasteiger charge is -2.28. The lowest BCUT2D eigenvalue weighted by atomic mass is 9.76. The molecule has 0 N–H and O–H groups in total. The molecule has 1 aliphatic carbocycles. The lowest BCUT2D eigenvalue weighted by molar-refractivity contribution is 0.798. The minimum Gasteiger partial charge on any atom is -0.262 e. The first kappa shape index (κ1) is 16.4. The molecule has 0 aromatic heterocycles. The van der Waals surface area contributed by atoms with Gasteiger partial charge in [-0.05, 0) is 73.1 Å². The van der Waals surface area contributed by atoms with Crippen LogP contribution in [0.1, 0.15) is 54.0 Å². The fourth-order valence-electron chi connectivity index (χ4n) is 3.41. The van der Waals surface area contributed by atoms with E-state index in [1.54, 1.807) is 0 Å². The summed E-state index contributed by atoms with van der Waals surface area (Å²) in [4.78, 5) is 4.45. The van der Waals surface area contributed by atoms with Crippen molar-refractivity contribution in [1.29, 1.82) is 0 Å². The molecule has 0 bridgehead atoms. The van der Waals surface area contributed by atoms with E-state index in [1.807, 2.05) is 13.1 Å². The second-order valence-electron chi connectivity index (χ2n) is 6.83. The van der Waals surface area contributed by atoms with Crippen molar-refractivity contribution in [2.75, 3.05) is 0 Å². The van der Waals surface area contributed by atoms with Gasteiger partial charge in [0, 0.05) is 17.8 Å². The first-order valence-electron chi connectivity index (χ1n) is 8.53. The van der Waals surface area contributed by atoms with Crippen LogP contribution in [0.4, 0.5) is 0 Å². The Kier molecular flexibility index (Phi) is 4.53. The van der Waals surface area contributed by atoms with E-state index in [1.165, 1.54) is 39.0 Å². The average Bonchev–Trinajstić information content (AvgIpc) is 2.57. The molecule has 0 saturated heterocycles. The number of rotatable bonds is 3. The molecule has 1 heteroatoms. The summed E-state index contributed by atoms with van der Waals surface area (Å²) < 4.78 is 0. The van der Waals surface area contributed by atoms with Crippen LogP contribution in [0.15, 0.2) is 65.3 Å². The van der Waals surface area contributed by atoms with Crippen molar-refractivity contribution in [2.45, 2.75) is 40.0 Å². The van der Waals surface area contributed by atoms with Gasteiger partial charge >= 0.3 is 0 Å². The van der Waals surface area contributed by atoms with Crippen molar-refractivity contribution in [3.63, 3.8) is 0 Å². The SMILES string of the molecule is C=C(C)N=CC1=C(C)c2ccccc2C(c2ccc(C)c(C)c2)C1. The fourth-order valence-corrected chi connectivity index (χ4v) is 3.41. The summed E-state index contributed by atoms with van der Waals surface area (Å²) in [5, 5.41) is 0. The molecule has 24 heavy (non-hydrogen) atoms. The summed E-state index contributed by atoms with van der Waals surface area (Å²) in [7, 11) is 0. The van der Waals surface area contributed by atoms with E-state index in [-0.39, 0.29) is 0 Å². The van der Waals surface area contributed by atoms with Crippen LogP contribution in [0.3, 0.4) is 0 Å². The van der Waals surface area contributed by atoms with Crippen LogP contribution in [0, 0.1) is 13.8 Å². The fraction of sp³-hybridized carbons (Fsp3) is 0.261. The zero-order valence-electron chi connectivity index (χ0n) is 15.1. The maximum Gasteiger partial charge on any atom is 0.0306 e. The van der Waals surface area contributed by atoms with Gasteiger partial charge in [-0.2, -0.15) is 0 Å². The molecule has 0 aliphatic heterocycles. The second kappa shape index (κ2) is 6.60. The van der Waals surface area contributed by atoms with Gasteiger partial charge in [-0.15, -0.1) is 0 Å². The minimum absolute atomic E-state index is 0.385. The van der Waals surface area contributed by atoms with E-state index in [0.717, 1.165) is 12.1 Å². The first-order valence-corrected chi connectivity index (χ1v) is 8.53. The Balaban J connectivity index is 2.11. The molecule has 1 atom stereocenters. The molecule has 2 aromatic rings. The monoisotopic (exact) mass is 315 g/mol. The van der Waals surface area contributed by atoms with Crippen molar-refractivity contribution in [3.05, 3.63) is 88.1 Å². The summed E-state index contributed by atoms with van der Waals surface area (Å²) in [6.45, 7) is 12.4. The second-order valence-corrected chi connectivity index (χ2v) is 6.83. The van der Waals surface area contributed by atoms with E-state index in [9.17, 15) is 0 Å². The minimum atomic E-state index is 0.385. The topological polar surface area (TPSA) is 12.4 Å². The van der Waals surface area contributed by atoms with E-state index in [4.69, 9.17) is 0 Å². The number of aryl methyl sites for hydroxylation is 2. The van der Waals surface area contributed by atoms with E-state index >= 15 is 0 Å². The van der Waals surface area contributed by atoms with Gasteiger partial charge in [0.1, 0.15) is 0 Å². The highest BCUT2D eigenvalue weighted by atomic mass is 14.7. The van der Waals surface area contributed by atoms with Gasteiger partial charge in [-0.25, -0.2) is 0 Å². The number of fused-ring (bicyclic) bond motifs is 1. The maximum atomic E-state index is 4.45. The quantitative estimate of drug-likeness (QED) is 0.596. The van der Waals surface area contributed by atoms with Crippen molar-refractivity contribution in [1.82, 2.24) is 0 Å². The Bertz CT molecular complexity index is 852. The lowest BCUT2D eigenvalue weighted by Crippen LogP contribution is -2.12. The molecular formula is C23H25N. The standard InChI is InChI=1S/C23H25N/c1-15(2)24-14-20-13-23(19-11-10-16(3)17(4)12-19)22-9-7-6-8-21(22)18(20)5/h6-12,14,23H,1,13H2,2-5H3. The van der Waals surface area contributed by atoms with Crippen LogP contribution in [-0.2, 0) is 0 Å². The molecule has 0 heterocycles. The van der Waals surface area contributed by atoms with Crippen molar-refractivity contribution < 1.29 is 0 Å². The van der Waals surface area contributed by atoms with Crippen molar-refractivity contribution in [3.8, 4) is 0 Å². The van der Waals surface area contributed by atoms with Crippen LogP contribution >= 0.6 is 0 Å². The molecule has 1 unspecified atom stereocenters. The normalized spacial score (nSPS) is 17.2. The number of hydrogen-bond donors (Lipinski definition) is 0. The van der Waals surface area contributed by atoms with E-state index in [0.29, 0.717) is 5.92 Å². The van der Waals surface area contributed by atoms with Crippen LogP contribution in [0.25, 0.3) is 5.57 Å². The van der Waals surface area contributed by atoms with Crippen molar-refractivity contribution >= 4 is 11.8 Å². The number of allylic oxidation sites excluding steroid dienone is 3. The molecule has 2 aromatic carbocycles. The highest BCUT2D eigenvalue weighted by Crippen LogP contribution is 2.41. The molecule has 0 amide bonds. The molecule has 1 aliphatic rings. The third kappa shape index (κ3) is 3.12. The van der Waals surface area contributed by atoms with Gasteiger partial charge in [0.05, 0.1) is 0 Å². The predicted octanol–water partition coefficient (Wildman–Crippen LogP) is 6.22. The Morgan fingerprint density at radius 2 is 1.83 bits per heavy atom. The molecule has 0 spiro atoms. The van der Waals surface area contributed by atoms with Crippen LogP contribution in [0.5, 0.6) is 0 Å². The smallest absolute Gasteiger partial charge is 0.0306 e. The van der Waals surface area contributed by atoms with Gasteiger partial charge in [0.2, 0.25) is 0 Å². The number of hydrogen-bond acceptors (Lipinski definition) is 1. The van der Waals surface area contributed by atoms with Crippen molar-refractivity contribution in [2.24, 2.45) is 4.99 Å². The molecule has 3 rings (SSSR count). The number of aliphatic imine (C=N–C) groups is 1. The molecule has 0 fully saturated rings. The summed E-state index contributed by atoms with van der Waals surface area (Å²) in [5.41, 5.74) is 10.3. The third-order valence-corrected chi connectivity index (χ3v) is 5.02. The van der Waals surface area contributed by atoms with Crippen LogP contribution < -0.4 is 0 Å². The summed E-state index contributed by atoms with van der Waals surface area (Å²) in [5.74, 6) is 0.385. The summed E-state index contributed by atoms with van der Waals surface area (Å²) in [6.07, 6.45) is 2.99. The third-order valence-electron chi connectivity index (χ3n) is 5.02. The zero-order valence-corrected chi connectivity index (χ0v) is 15.1. The molecular weight excluding hydrogens is 290 g/mol. The molecule has 122 valence electrons. The van der Waals surface area contributed by atoms with Crippen LogP contribution in [0.2, 0.25) is 0 Å². The van der Waals surface area contributed by atoms with Gasteiger partial charge in [0.25, 0.3) is 0 Å². The summed E-state index contributed by atoms with van der Waals surface area (Å²) in [6, 6.07) is 15.6. The Morgan fingerprint density at radius 3 is 2.54 bits per heavy atom. The molecule has 0 saturated carbocycles. The highest BCUT2D eigenvalue weighted by Gasteiger charge is 2.25. The maximum absolute atomic E-state index is 4.45. The number of nitrogens with zero attached hydrogens (tertiary/aromatic N) is 1. The van der Waals surface area contributed by atoms with E-state index in [2.05, 4.69) is 74.8 Å². The van der Waals surface area contributed by atoms with Gasteiger partial charge < -0.3 is 0 Å². The molecule has 1 nitrogen and oxygen atoms in total. The largest absolute Gasteiger partial charge is 0.262 e. The van der Waals surface area contributed by atoms with E-state index < -0.39 is 0 Å². The van der Waals surface area contributed by atoms with Gasteiger partial charge in [-0.1, -0.05) is 49.0 Å². The van der Waals surface area contributed by atoms with Gasteiger partial charge in [-0.3, -0.25) is 4.99 Å². The average molecular weight is 315 g/mol. The summed E-state index contributed by atoms with van der Waals surface area (Å²) >= 11 is 0. The Morgan fingerprint density at radius 1 is 1.08 bits per heavy atom. The highest BCUT2D eigenvalue weighted by molar-refractivity contribution is 5.93. The number of benzene rings is 2. The Hall–Kier alpha value is -2.41. The van der Waals surface area contributed by atoms with Gasteiger partial charge in [0.15, 0.2) is 0 Å². The van der Waals surface area contributed by atoms with Crippen LogP contribution in [-0.4, -0.2) is 6.21 Å². The Labute approximate surface area is 145 Å². The predicted molar refractivity (Wildman–Crippen MR) is 105 cm³/mol. The zero-order chi connectivity index (χ0) is 17.3. The first-order chi connectivity index (χ1) is 11.5.